The van der Waals surface area contributed by atoms with Gasteiger partial charge >= 0.3 is 0 Å². The Labute approximate surface area is 112 Å². The lowest BCUT2D eigenvalue weighted by Crippen LogP contribution is -2.32. The summed E-state index contributed by atoms with van der Waals surface area (Å²) in [5.74, 6) is 0.115. The van der Waals surface area contributed by atoms with Crippen LogP contribution in [0.1, 0.15) is 47.7 Å². The van der Waals surface area contributed by atoms with E-state index in [1.54, 1.807) is 11.3 Å². The zero-order valence-corrected chi connectivity index (χ0v) is 11.9. The van der Waals surface area contributed by atoms with E-state index in [4.69, 9.17) is 0 Å². The summed E-state index contributed by atoms with van der Waals surface area (Å²) < 4.78 is 0. The summed E-state index contributed by atoms with van der Waals surface area (Å²) in [6, 6.07) is 0. The highest BCUT2D eigenvalue weighted by molar-refractivity contribution is 7.11. The van der Waals surface area contributed by atoms with Crippen molar-refractivity contribution >= 4 is 17.1 Å². The molecule has 0 saturated heterocycles. The molecule has 1 atom stereocenters. The number of rotatable bonds is 4. The first-order chi connectivity index (χ1) is 8.58. The smallest absolute Gasteiger partial charge is 0.168 e. The number of aryl methyl sites for hydroxylation is 2. The van der Waals surface area contributed by atoms with Gasteiger partial charge in [0, 0.05) is 4.88 Å². The molecule has 3 nitrogen and oxygen atoms in total. The van der Waals surface area contributed by atoms with Gasteiger partial charge in [-0.15, -0.1) is 11.3 Å². The number of thiazole rings is 1. The zero-order chi connectivity index (χ0) is 13.1. The number of nitrogens with zero attached hydrogens (tertiary/aromatic N) is 1. The molecule has 1 saturated carbocycles. The molecule has 1 fully saturated rings. The Hall–Kier alpha value is -0.740. The predicted molar refractivity (Wildman–Crippen MR) is 72.9 cm³/mol. The second-order valence-electron chi connectivity index (χ2n) is 5.24. The minimum atomic E-state index is -0.783. The summed E-state index contributed by atoms with van der Waals surface area (Å²) in [7, 11) is 0. The van der Waals surface area contributed by atoms with Crippen molar-refractivity contribution in [3.8, 4) is 0 Å². The average molecular weight is 267 g/mol. The maximum absolute atomic E-state index is 12.0. The van der Waals surface area contributed by atoms with Gasteiger partial charge in [0.25, 0.3) is 0 Å². The van der Waals surface area contributed by atoms with Gasteiger partial charge in [-0.1, -0.05) is 19.3 Å². The third-order valence-corrected chi connectivity index (χ3v) is 4.90. The van der Waals surface area contributed by atoms with E-state index in [0.717, 1.165) is 41.3 Å². The first kappa shape index (κ1) is 13.7. The summed E-state index contributed by atoms with van der Waals surface area (Å²) in [5.41, 5.74) is 0.995. The van der Waals surface area contributed by atoms with Crippen LogP contribution in [0.5, 0.6) is 0 Å². The number of aliphatic hydroxyl groups excluding tert-OH is 1. The molecule has 0 aliphatic heterocycles. The Bertz CT molecular complexity index is 402. The van der Waals surface area contributed by atoms with Gasteiger partial charge in [-0.25, -0.2) is 4.98 Å². The van der Waals surface area contributed by atoms with Gasteiger partial charge < -0.3 is 5.11 Å². The number of carbonyl (C=O) groups excluding carboxylic acids is 1. The van der Waals surface area contributed by atoms with Gasteiger partial charge in [0.15, 0.2) is 5.78 Å². The van der Waals surface area contributed by atoms with Crippen LogP contribution < -0.4 is 0 Å². The molecule has 4 heteroatoms. The molecule has 18 heavy (non-hydrogen) atoms. The van der Waals surface area contributed by atoms with Gasteiger partial charge in [0.2, 0.25) is 0 Å². The SMILES string of the molecule is Cc1nc(CC(=O)C(O)C2CCCCC2)sc1C. The van der Waals surface area contributed by atoms with Crippen LogP contribution in [0.25, 0.3) is 0 Å². The van der Waals surface area contributed by atoms with Crippen molar-refractivity contribution in [1.29, 1.82) is 0 Å². The Morgan fingerprint density at radius 3 is 2.61 bits per heavy atom. The molecule has 1 N–H and O–H groups in total. The summed E-state index contributed by atoms with van der Waals surface area (Å²) in [4.78, 5) is 17.6. The van der Waals surface area contributed by atoms with Crippen molar-refractivity contribution in [2.45, 2.75) is 58.5 Å². The fourth-order valence-corrected chi connectivity index (χ4v) is 3.52. The molecule has 1 aliphatic rings. The summed E-state index contributed by atoms with van der Waals surface area (Å²) in [6.45, 7) is 3.97. The van der Waals surface area contributed by atoms with Crippen molar-refractivity contribution in [3.05, 3.63) is 15.6 Å². The summed E-state index contributed by atoms with van der Waals surface area (Å²) in [6.07, 6.45) is 5.01. The molecule has 0 spiro atoms. The molecule has 0 aromatic carbocycles. The van der Waals surface area contributed by atoms with Gasteiger partial charge in [-0.2, -0.15) is 0 Å². The molecule has 1 aromatic heterocycles. The molecule has 2 rings (SSSR count). The molecular weight excluding hydrogens is 246 g/mol. The Balaban J connectivity index is 1.94. The number of aliphatic hydroxyl groups is 1. The Morgan fingerprint density at radius 1 is 1.39 bits per heavy atom. The van der Waals surface area contributed by atoms with E-state index < -0.39 is 6.10 Å². The van der Waals surface area contributed by atoms with E-state index >= 15 is 0 Å². The third kappa shape index (κ3) is 3.18. The number of hydrogen-bond donors (Lipinski definition) is 1. The predicted octanol–water partition coefficient (Wildman–Crippen LogP) is 2.81. The molecule has 1 aromatic rings. The van der Waals surface area contributed by atoms with Gasteiger partial charge in [-0.05, 0) is 32.6 Å². The minimum absolute atomic E-state index is 0.0596. The van der Waals surface area contributed by atoms with Crippen molar-refractivity contribution in [2.24, 2.45) is 5.92 Å². The molecule has 0 amide bonds. The first-order valence-corrected chi connectivity index (χ1v) is 7.53. The standard InChI is InChI=1S/C14H21NO2S/c1-9-10(2)18-13(15-9)8-12(16)14(17)11-6-4-3-5-7-11/h11,14,17H,3-8H2,1-2H3. The Morgan fingerprint density at radius 2 is 2.06 bits per heavy atom. The monoisotopic (exact) mass is 267 g/mol. The maximum Gasteiger partial charge on any atom is 0.168 e. The topological polar surface area (TPSA) is 50.2 Å². The molecule has 0 radical (unpaired) electrons. The van der Waals surface area contributed by atoms with Crippen molar-refractivity contribution < 1.29 is 9.90 Å². The quantitative estimate of drug-likeness (QED) is 0.912. The van der Waals surface area contributed by atoms with Crippen LogP contribution in [0.2, 0.25) is 0 Å². The number of carbonyl (C=O) groups is 1. The van der Waals surface area contributed by atoms with Crippen LogP contribution >= 0.6 is 11.3 Å². The highest BCUT2D eigenvalue weighted by Gasteiger charge is 2.27. The minimum Gasteiger partial charge on any atom is -0.385 e. The lowest BCUT2D eigenvalue weighted by molar-refractivity contribution is -0.129. The summed E-state index contributed by atoms with van der Waals surface area (Å²) in [5, 5.41) is 10.9. The molecule has 0 bridgehead atoms. The third-order valence-electron chi connectivity index (χ3n) is 3.82. The first-order valence-electron chi connectivity index (χ1n) is 6.71. The van der Waals surface area contributed by atoms with E-state index in [2.05, 4.69) is 4.98 Å². The second kappa shape index (κ2) is 5.93. The number of aromatic nitrogens is 1. The van der Waals surface area contributed by atoms with E-state index in [1.807, 2.05) is 13.8 Å². The summed E-state index contributed by atoms with van der Waals surface area (Å²) >= 11 is 1.56. The van der Waals surface area contributed by atoms with Crippen LogP contribution in [0.4, 0.5) is 0 Å². The van der Waals surface area contributed by atoms with E-state index in [9.17, 15) is 9.90 Å². The lowest BCUT2D eigenvalue weighted by Gasteiger charge is -2.25. The van der Waals surface area contributed by atoms with Crippen LogP contribution in [0.3, 0.4) is 0 Å². The fourth-order valence-electron chi connectivity index (χ4n) is 2.58. The molecule has 1 unspecified atom stereocenters. The van der Waals surface area contributed by atoms with Crippen molar-refractivity contribution in [1.82, 2.24) is 4.98 Å². The molecule has 100 valence electrons. The lowest BCUT2D eigenvalue weighted by atomic mass is 9.83. The molecule has 1 aliphatic carbocycles. The van der Waals surface area contributed by atoms with E-state index in [0.29, 0.717) is 0 Å². The Kier molecular flexibility index (Phi) is 4.51. The van der Waals surface area contributed by atoms with Crippen LogP contribution in [-0.2, 0) is 11.2 Å². The van der Waals surface area contributed by atoms with Gasteiger partial charge in [0.1, 0.15) is 11.1 Å². The maximum atomic E-state index is 12.0. The van der Waals surface area contributed by atoms with Crippen molar-refractivity contribution in [3.63, 3.8) is 0 Å². The second-order valence-corrected chi connectivity index (χ2v) is 6.52. The largest absolute Gasteiger partial charge is 0.385 e. The van der Waals surface area contributed by atoms with Crippen molar-refractivity contribution in [2.75, 3.05) is 0 Å². The van der Waals surface area contributed by atoms with Gasteiger partial charge in [0.05, 0.1) is 12.1 Å². The van der Waals surface area contributed by atoms with Crippen LogP contribution in [-0.4, -0.2) is 22.0 Å². The van der Waals surface area contributed by atoms with Gasteiger partial charge in [-0.3, -0.25) is 4.79 Å². The van der Waals surface area contributed by atoms with E-state index in [-0.39, 0.29) is 18.1 Å². The van der Waals surface area contributed by atoms with E-state index in [1.165, 1.54) is 6.42 Å². The molecular formula is C14H21NO2S. The normalized spacial score (nSPS) is 18.8. The fraction of sp³-hybridized carbons (Fsp3) is 0.714. The number of ketones is 1. The zero-order valence-electron chi connectivity index (χ0n) is 11.1. The average Bonchev–Trinajstić information content (AvgIpc) is 2.68. The number of hydrogen-bond acceptors (Lipinski definition) is 4. The number of Topliss-reactive ketones (excluding diaryl/α,β-unsaturated/α-hetero) is 1. The highest BCUT2D eigenvalue weighted by atomic mass is 32.1. The highest BCUT2D eigenvalue weighted by Crippen LogP contribution is 2.27. The molecule has 1 heterocycles. The van der Waals surface area contributed by atoms with Crippen LogP contribution in [0, 0.1) is 19.8 Å². The van der Waals surface area contributed by atoms with Crippen LogP contribution in [0.15, 0.2) is 0 Å².